The van der Waals surface area contributed by atoms with Crippen molar-refractivity contribution in [3.8, 4) is 0 Å². The molecule has 0 aromatic heterocycles. The van der Waals surface area contributed by atoms with Gasteiger partial charge >= 0.3 is 6.03 Å². The lowest BCUT2D eigenvalue weighted by Crippen LogP contribution is -2.40. The lowest BCUT2D eigenvalue weighted by atomic mass is 10.2. The summed E-state index contributed by atoms with van der Waals surface area (Å²) in [5, 5.41) is 0.0627. The average Bonchev–Trinajstić information content (AvgIpc) is 3.19. The molecule has 0 N–H and O–H groups in total. The molecule has 26 heavy (non-hydrogen) atoms. The van der Waals surface area contributed by atoms with Crippen LogP contribution in [0.4, 0.5) is 4.79 Å². The first-order valence-corrected chi connectivity index (χ1v) is 10.1. The lowest BCUT2D eigenvalue weighted by molar-refractivity contribution is -0.0687. The fourth-order valence-corrected chi connectivity index (χ4v) is 5.17. The highest BCUT2D eigenvalue weighted by Gasteiger charge is 2.53. The number of ether oxygens (including phenoxy) is 1. The Morgan fingerprint density at radius 2 is 1.73 bits per heavy atom. The van der Waals surface area contributed by atoms with Crippen LogP contribution in [0.25, 0.3) is 0 Å². The van der Waals surface area contributed by atoms with Crippen molar-refractivity contribution in [1.82, 2.24) is 9.80 Å². The molecule has 2 fully saturated rings. The highest BCUT2D eigenvalue weighted by Crippen LogP contribution is 2.47. The molecule has 2 heterocycles. The number of carbonyl (C=O) groups excluding carboxylic acids is 1. The topological polar surface area (TPSA) is 32.8 Å². The van der Waals surface area contributed by atoms with E-state index in [1.807, 2.05) is 71.8 Å². The Labute approximate surface area is 159 Å². The Kier molecular flexibility index (Phi) is 4.92. The Bertz CT molecular complexity index is 753. The van der Waals surface area contributed by atoms with Gasteiger partial charge in [-0.2, -0.15) is 0 Å². The van der Waals surface area contributed by atoms with E-state index in [-0.39, 0.29) is 29.8 Å². The molecule has 4 rings (SSSR count). The van der Waals surface area contributed by atoms with Crippen molar-refractivity contribution in [3.05, 3.63) is 71.8 Å². The van der Waals surface area contributed by atoms with E-state index in [1.54, 1.807) is 0 Å². The first kappa shape index (κ1) is 17.4. The minimum absolute atomic E-state index is 0.0627. The van der Waals surface area contributed by atoms with Gasteiger partial charge in [0.05, 0.1) is 18.7 Å². The third-order valence-corrected chi connectivity index (χ3v) is 6.18. The Hall–Kier alpha value is -1.98. The van der Waals surface area contributed by atoms with Crippen LogP contribution in [0.5, 0.6) is 0 Å². The third-order valence-electron chi connectivity index (χ3n) is 4.83. The first-order chi connectivity index (χ1) is 12.6. The maximum absolute atomic E-state index is 13.3. The number of nitrogens with zero attached hydrogens (tertiary/aromatic N) is 2. The van der Waals surface area contributed by atoms with Crippen LogP contribution in [0.1, 0.15) is 30.3 Å². The van der Waals surface area contributed by atoms with Crippen molar-refractivity contribution in [2.75, 3.05) is 5.75 Å². The average molecular weight is 369 g/mol. The molecule has 2 aromatic carbocycles. The van der Waals surface area contributed by atoms with E-state index >= 15 is 0 Å². The highest BCUT2D eigenvalue weighted by molar-refractivity contribution is 7.99. The molecule has 3 atom stereocenters. The summed E-state index contributed by atoms with van der Waals surface area (Å²) in [6.45, 7) is 4.64. The zero-order valence-electron chi connectivity index (χ0n) is 15.1. The highest BCUT2D eigenvalue weighted by atomic mass is 32.2. The summed E-state index contributed by atoms with van der Waals surface area (Å²) in [7, 11) is 0. The van der Waals surface area contributed by atoms with Gasteiger partial charge in [0.15, 0.2) is 6.23 Å². The second kappa shape index (κ2) is 7.33. The molecule has 2 unspecified atom stereocenters. The molecule has 0 saturated carbocycles. The van der Waals surface area contributed by atoms with Crippen molar-refractivity contribution >= 4 is 17.8 Å². The van der Waals surface area contributed by atoms with Crippen LogP contribution in [-0.2, 0) is 11.3 Å². The van der Waals surface area contributed by atoms with Gasteiger partial charge in [-0.3, -0.25) is 4.90 Å². The van der Waals surface area contributed by atoms with Crippen molar-refractivity contribution in [2.45, 2.75) is 44.1 Å². The van der Waals surface area contributed by atoms with Crippen molar-refractivity contribution in [3.63, 3.8) is 0 Å². The van der Waals surface area contributed by atoms with Crippen LogP contribution < -0.4 is 0 Å². The smallest absolute Gasteiger partial charge is 0.324 e. The van der Waals surface area contributed by atoms with E-state index in [0.29, 0.717) is 6.54 Å². The van der Waals surface area contributed by atoms with Gasteiger partial charge in [-0.15, -0.1) is 11.8 Å². The van der Waals surface area contributed by atoms with Gasteiger partial charge in [-0.05, 0) is 25.0 Å². The monoisotopic (exact) mass is 368 g/mol. The van der Waals surface area contributed by atoms with Crippen LogP contribution in [0.2, 0.25) is 0 Å². The fraction of sp³-hybridized carbons (Fsp3) is 0.381. The normalized spacial score (nSPS) is 25.2. The number of hydrogen-bond donors (Lipinski definition) is 0. The number of fused-ring (bicyclic) bond motifs is 1. The van der Waals surface area contributed by atoms with E-state index in [9.17, 15) is 4.79 Å². The SMILES string of the molecule is CC(C)OC1[C@@H]2CSC(c3ccccc3)N2C(=O)N1Cc1ccccc1. The van der Waals surface area contributed by atoms with E-state index < -0.39 is 0 Å². The lowest BCUT2D eigenvalue weighted by Gasteiger charge is -2.27. The molecular formula is C21H24N2O2S. The summed E-state index contributed by atoms with van der Waals surface area (Å²) < 4.78 is 6.21. The van der Waals surface area contributed by atoms with Crippen molar-refractivity contribution in [1.29, 1.82) is 0 Å². The predicted octanol–water partition coefficient (Wildman–Crippen LogP) is 4.49. The maximum atomic E-state index is 13.3. The van der Waals surface area contributed by atoms with Gasteiger partial charge in [0, 0.05) is 5.75 Å². The summed E-state index contributed by atoms with van der Waals surface area (Å²) in [5.74, 6) is 0.897. The van der Waals surface area contributed by atoms with Crippen LogP contribution >= 0.6 is 11.8 Å². The van der Waals surface area contributed by atoms with Crippen LogP contribution in [0.15, 0.2) is 60.7 Å². The molecule has 2 aliphatic rings. The molecule has 4 nitrogen and oxygen atoms in total. The van der Waals surface area contributed by atoms with Crippen molar-refractivity contribution < 1.29 is 9.53 Å². The molecule has 2 saturated heterocycles. The predicted molar refractivity (Wildman–Crippen MR) is 105 cm³/mol. The zero-order valence-corrected chi connectivity index (χ0v) is 15.9. The van der Waals surface area contributed by atoms with Crippen LogP contribution in [0, 0.1) is 0 Å². The summed E-state index contributed by atoms with van der Waals surface area (Å²) in [6, 6.07) is 20.6. The maximum Gasteiger partial charge on any atom is 0.324 e. The van der Waals surface area contributed by atoms with Crippen LogP contribution in [0.3, 0.4) is 0 Å². The Morgan fingerprint density at radius 3 is 2.38 bits per heavy atom. The van der Waals surface area contributed by atoms with Gasteiger partial charge < -0.3 is 9.64 Å². The minimum Gasteiger partial charge on any atom is -0.353 e. The number of rotatable bonds is 5. The van der Waals surface area contributed by atoms with E-state index in [4.69, 9.17) is 4.74 Å². The van der Waals surface area contributed by atoms with E-state index in [1.165, 1.54) is 5.56 Å². The molecule has 5 heteroatoms. The van der Waals surface area contributed by atoms with Gasteiger partial charge in [-0.25, -0.2) is 4.79 Å². The van der Waals surface area contributed by atoms with E-state index in [0.717, 1.165) is 11.3 Å². The number of carbonyl (C=O) groups is 1. The second-order valence-corrected chi connectivity index (χ2v) is 8.16. The first-order valence-electron chi connectivity index (χ1n) is 9.10. The number of thioether (sulfide) groups is 1. The van der Waals surface area contributed by atoms with Gasteiger partial charge in [-0.1, -0.05) is 60.7 Å². The molecule has 2 amide bonds. The molecule has 136 valence electrons. The van der Waals surface area contributed by atoms with Gasteiger partial charge in [0.1, 0.15) is 5.37 Å². The quantitative estimate of drug-likeness (QED) is 0.779. The molecule has 0 aliphatic carbocycles. The number of hydrogen-bond acceptors (Lipinski definition) is 3. The van der Waals surface area contributed by atoms with Crippen molar-refractivity contribution in [2.24, 2.45) is 0 Å². The van der Waals surface area contributed by atoms with Gasteiger partial charge in [0.2, 0.25) is 0 Å². The molecular weight excluding hydrogens is 344 g/mol. The Balaban J connectivity index is 1.63. The van der Waals surface area contributed by atoms with Gasteiger partial charge in [0.25, 0.3) is 0 Å². The summed E-state index contributed by atoms with van der Waals surface area (Å²) in [4.78, 5) is 17.2. The number of amides is 2. The molecule has 0 bridgehead atoms. The largest absolute Gasteiger partial charge is 0.353 e. The molecule has 2 aromatic rings. The minimum atomic E-state index is -0.205. The third kappa shape index (κ3) is 3.21. The summed E-state index contributed by atoms with van der Waals surface area (Å²) in [6.07, 6.45) is -0.129. The van der Waals surface area contributed by atoms with Crippen LogP contribution in [-0.4, -0.2) is 40.0 Å². The molecule has 0 radical (unpaired) electrons. The summed E-state index contributed by atoms with van der Waals surface area (Å²) >= 11 is 1.83. The fourth-order valence-electron chi connectivity index (χ4n) is 3.71. The number of urea groups is 1. The zero-order chi connectivity index (χ0) is 18.1. The summed E-state index contributed by atoms with van der Waals surface area (Å²) in [5.41, 5.74) is 2.31. The number of benzene rings is 2. The Morgan fingerprint density at radius 1 is 1.08 bits per heavy atom. The molecule has 0 spiro atoms. The standard InChI is InChI=1S/C21H24N2O2S/c1-15(2)25-19-18-14-26-20(17-11-7-4-8-12-17)23(18)21(24)22(19)13-16-9-5-3-6-10-16/h3-12,15,18-20H,13-14H2,1-2H3/t18-,19?,20?/m0/s1. The van der Waals surface area contributed by atoms with E-state index in [2.05, 4.69) is 24.3 Å². The second-order valence-electron chi connectivity index (χ2n) is 7.04. The molecule has 2 aliphatic heterocycles.